The van der Waals surface area contributed by atoms with Gasteiger partial charge in [-0.2, -0.15) is 0 Å². The van der Waals surface area contributed by atoms with Crippen LogP contribution in [0.1, 0.15) is 36.3 Å². The molecule has 0 saturated carbocycles. The maximum absolute atomic E-state index is 11.9. The zero-order valence-corrected chi connectivity index (χ0v) is 10.1. The lowest BCUT2D eigenvalue weighted by Gasteiger charge is -2.27. The van der Waals surface area contributed by atoms with E-state index in [4.69, 9.17) is 7.48 Å². The van der Waals surface area contributed by atoms with Gasteiger partial charge in [0, 0.05) is 7.92 Å². The highest BCUT2D eigenvalue weighted by molar-refractivity contribution is 5.82. The van der Waals surface area contributed by atoms with Gasteiger partial charge >= 0.3 is 12.1 Å². The van der Waals surface area contributed by atoms with Gasteiger partial charge in [0.15, 0.2) is 0 Å². The van der Waals surface area contributed by atoms with Crippen LogP contribution in [0, 0.1) is 0 Å². The summed E-state index contributed by atoms with van der Waals surface area (Å²) in [7, 11) is 1.14. The highest BCUT2D eigenvalue weighted by atomic mass is 16.6. The van der Waals surface area contributed by atoms with E-state index in [-0.39, 0.29) is 13.0 Å². The van der Waals surface area contributed by atoms with Gasteiger partial charge in [0.05, 0.1) is 8.48 Å². The Morgan fingerprint density at radius 3 is 2.62 bits per heavy atom. The summed E-state index contributed by atoms with van der Waals surface area (Å²) in [6.45, 7) is 5.23. The van der Waals surface area contributed by atoms with E-state index in [0.717, 1.165) is 12.0 Å². The van der Waals surface area contributed by atoms with E-state index >= 15 is 0 Å². The second-order valence-corrected chi connectivity index (χ2v) is 4.50. The number of ether oxygens (including phenoxy) is 2. The first-order valence-corrected chi connectivity index (χ1v) is 5.14. The predicted molar refractivity (Wildman–Crippen MR) is 58.0 cm³/mol. The molecule has 1 amide bonds. The van der Waals surface area contributed by atoms with E-state index in [2.05, 4.69) is 4.74 Å². The monoisotopic (exact) mass is 231 g/mol. The molecule has 16 heavy (non-hydrogen) atoms. The minimum atomic E-state index is -2.02. The van der Waals surface area contributed by atoms with Crippen molar-refractivity contribution in [1.82, 2.24) is 4.90 Å². The first-order valence-electron chi connectivity index (χ1n) is 6.22. The lowest BCUT2D eigenvalue weighted by atomic mass is 10.2. The van der Waals surface area contributed by atoms with Crippen LogP contribution in [0.5, 0.6) is 0 Å². The second kappa shape index (κ2) is 4.72. The number of hydrogen-bond donors (Lipinski definition) is 0. The van der Waals surface area contributed by atoms with Crippen LogP contribution in [0.3, 0.4) is 0 Å². The lowest BCUT2D eigenvalue weighted by molar-refractivity contribution is -0.145. The van der Waals surface area contributed by atoms with Crippen molar-refractivity contribution < 1.29 is 21.8 Å². The Morgan fingerprint density at radius 2 is 2.12 bits per heavy atom. The molecule has 5 heteroatoms. The van der Waals surface area contributed by atoms with Crippen molar-refractivity contribution in [3.05, 3.63) is 0 Å². The molecule has 1 heterocycles. The average Bonchev–Trinajstić information content (AvgIpc) is 2.53. The highest BCUT2D eigenvalue weighted by Gasteiger charge is 2.37. The molecule has 0 aromatic rings. The third-order valence-corrected chi connectivity index (χ3v) is 1.99. The summed E-state index contributed by atoms with van der Waals surface area (Å²) in [6.07, 6.45) is -1.55. The van der Waals surface area contributed by atoms with Gasteiger partial charge in [-0.05, 0) is 33.6 Å². The molecule has 1 fully saturated rings. The number of hydrogen-bond acceptors (Lipinski definition) is 4. The number of amides is 1. The third kappa shape index (κ3) is 3.12. The Labute approximate surface area is 98.5 Å². The van der Waals surface area contributed by atoms with Gasteiger partial charge in [-0.3, -0.25) is 4.90 Å². The van der Waals surface area contributed by atoms with Gasteiger partial charge < -0.3 is 9.47 Å². The molecule has 0 unspecified atom stereocenters. The number of carbonyl (C=O) groups excluding carboxylic acids is 2. The zero-order valence-electron chi connectivity index (χ0n) is 12.1. The lowest BCUT2D eigenvalue weighted by Crippen LogP contribution is -2.43. The molecule has 0 spiro atoms. The first kappa shape index (κ1) is 9.93. The minimum Gasteiger partial charge on any atom is -0.467 e. The van der Waals surface area contributed by atoms with Crippen molar-refractivity contribution in [1.29, 1.82) is 0 Å². The molecule has 1 saturated heterocycles. The summed E-state index contributed by atoms with van der Waals surface area (Å²) in [5.74, 6) is -0.911. The Kier molecular flexibility index (Phi) is 2.93. The van der Waals surface area contributed by atoms with Gasteiger partial charge in [0.1, 0.15) is 11.6 Å². The fourth-order valence-corrected chi connectivity index (χ4v) is 1.37. The number of nitrogens with zero attached hydrogens (tertiary/aromatic N) is 1. The topological polar surface area (TPSA) is 55.8 Å². The SMILES string of the molecule is [2H][C@@H]1CCN(C(=O)OC(C)(C)C)[C@]1([2H])C(=O)OC. The highest BCUT2D eigenvalue weighted by Crippen LogP contribution is 2.21. The first-order chi connectivity index (χ1) is 8.13. The number of carbonyl (C=O) groups is 2. The molecule has 0 aliphatic carbocycles. The van der Waals surface area contributed by atoms with Crippen LogP contribution in [0.2, 0.25) is 0 Å². The van der Waals surface area contributed by atoms with Gasteiger partial charge in [0.2, 0.25) is 0 Å². The van der Waals surface area contributed by atoms with E-state index < -0.39 is 30.1 Å². The van der Waals surface area contributed by atoms with Crippen LogP contribution in [0.15, 0.2) is 0 Å². The maximum atomic E-state index is 11.9. The summed E-state index contributed by atoms with van der Waals surface area (Å²) in [5.41, 5.74) is -0.714. The maximum Gasteiger partial charge on any atom is 0.411 e. The Morgan fingerprint density at radius 1 is 1.50 bits per heavy atom. The molecule has 0 aromatic carbocycles. The Hall–Kier alpha value is -1.26. The molecule has 2 atom stereocenters. The van der Waals surface area contributed by atoms with Crippen LogP contribution in [-0.2, 0) is 14.3 Å². The molecular formula is C11H19NO4. The van der Waals surface area contributed by atoms with Crippen molar-refractivity contribution >= 4 is 12.1 Å². The molecule has 0 N–H and O–H groups in total. The largest absolute Gasteiger partial charge is 0.467 e. The molecular weight excluding hydrogens is 210 g/mol. The van der Waals surface area contributed by atoms with Gasteiger partial charge in [-0.25, -0.2) is 9.59 Å². The quantitative estimate of drug-likeness (QED) is 0.643. The number of likely N-dealkylation sites (tertiary alicyclic amines) is 1. The zero-order chi connectivity index (χ0) is 14.1. The summed E-state index contributed by atoms with van der Waals surface area (Å²) in [4.78, 5) is 24.5. The second-order valence-electron chi connectivity index (χ2n) is 4.50. The molecule has 0 aromatic heterocycles. The minimum absolute atomic E-state index is 0.141. The Balaban J connectivity index is 2.94. The van der Waals surface area contributed by atoms with E-state index in [1.807, 2.05) is 0 Å². The number of rotatable bonds is 1. The average molecular weight is 231 g/mol. The van der Waals surface area contributed by atoms with E-state index in [0.29, 0.717) is 0 Å². The smallest absolute Gasteiger partial charge is 0.411 e. The molecule has 0 radical (unpaired) electrons. The number of esters is 1. The Bertz CT molecular complexity index is 355. The van der Waals surface area contributed by atoms with Gasteiger partial charge in [0.25, 0.3) is 0 Å². The van der Waals surface area contributed by atoms with Crippen LogP contribution in [0.4, 0.5) is 4.79 Å². The summed E-state index contributed by atoms with van der Waals surface area (Å²) >= 11 is 0. The van der Waals surface area contributed by atoms with Crippen molar-refractivity contribution in [3.8, 4) is 0 Å². The number of methoxy groups -OCH3 is 1. The standard InChI is InChI=1S/C11H19NO4/c1-11(2,3)16-10(14)12-7-5-6-8(12)9(13)15-4/h8H,5-7H2,1-4H3/t8-/m0/s1/i6D,8D/t6-,8+/m1. The molecule has 0 bridgehead atoms. The van der Waals surface area contributed by atoms with Crippen LogP contribution >= 0.6 is 0 Å². The molecule has 1 aliphatic heterocycles. The van der Waals surface area contributed by atoms with Crippen molar-refractivity contribution in [2.24, 2.45) is 0 Å². The van der Waals surface area contributed by atoms with E-state index in [1.54, 1.807) is 20.8 Å². The summed E-state index contributed by atoms with van der Waals surface area (Å²) < 4.78 is 25.4. The molecule has 92 valence electrons. The summed E-state index contributed by atoms with van der Waals surface area (Å²) in [6, 6.07) is -2.02. The third-order valence-electron chi connectivity index (χ3n) is 1.99. The van der Waals surface area contributed by atoms with Gasteiger partial charge in [-0.15, -0.1) is 0 Å². The predicted octanol–water partition coefficient (Wildman–Crippen LogP) is 1.56. The fraction of sp³-hybridized carbons (Fsp3) is 0.818. The fourth-order valence-electron chi connectivity index (χ4n) is 1.37. The van der Waals surface area contributed by atoms with Crippen molar-refractivity contribution in [2.45, 2.75) is 45.2 Å². The van der Waals surface area contributed by atoms with Gasteiger partial charge in [-0.1, -0.05) is 0 Å². The van der Waals surface area contributed by atoms with Crippen molar-refractivity contribution in [2.75, 3.05) is 13.7 Å². The molecule has 1 rings (SSSR count). The van der Waals surface area contributed by atoms with E-state index in [9.17, 15) is 9.59 Å². The molecule has 5 nitrogen and oxygen atoms in total. The molecule has 1 aliphatic rings. The van der Waals surface area contributed by atoms with Crippen LogP contribution < -0.4 is 0 Å². The van der Waals surface area contributed by atoms with Crippen LogP contribution in [0.25, 0.3) is 0 Å². The normalized spacial score (nSPS) is 31.8. The van der Waals surface area contributed by atoms with Crippen LogP contribution in [-0.4, -0.2) is 42.2 Å². The summed E-state index contributed by atoms with van der Waals surface area (Å²) in [5, 5.41) is 0. The van der Waals surface area contributed by atoms with E-state index in [1.165, 1.54) is 0 Å². The van der Waals surface area contributed by atoms with Crippen molar-refractivity contribution in [3.63, 3.8) is 0 Å².